The van der Waals surface area contributed by atoms with Gasteiger partial charge in [-0.3, -0.25) is 19.1 Å². The van der Waals surface area contributed by atoms with Gasteiger partial charge in [0, 0.05) is 24.0 Å². The van der Waals surface area contributed by atoms with Crippen molar-refractivity contribution in [1.82, 2.24) is 19.4 Å². The summed E-state index contributed by atoms with van der Waals surface area (Å²) in [7, 11) is 1.47. The lowest BCUT2D eigenvalue weighted by Gasteiger charge is -2.17. The average Bonchev–Trinajstić information content (AvgIpc) is 3.07. The minimum atomic E-state index is -0.526. The molecule has 148 valence electrons. The summed E-state index contributed by atoms with van der Waals surface area (Å²) in [4.78, 5) is 45.0. The molecule has 10 heteroatoms. The van der Waals surface area contributed by atoms with Gasteiger partial charge >= 0.3 is 0 Å². The number of halogens is 2. The van der Waals surface area contributed by atoms with Gasteiger partial charge in [0.2, 0.25) is 6.41 Å². The second kappa shape index (κ2) is 8.85. The highest BCUT2D eigenvalue weighted by Gasteiger charge is 2.28. The number of benzene rings is 1. The fourth-order valence-electron chi connectivity index (χ4n) is 2.70. The van der Waals surface area contributed by atoms with E-state index in [1.807, 2.05) is 0 Å². The van der Waals surface area contributed by atoms with Crippen LogP contribution in [-0.4, -0.2) is 51.6 Å². The monoisotopic (exact) mass is 431 g/mol. The Kier molecular flexibility index (Phi) is 6.26. The highest BCUT2D eigenvalue weighted by Crippen LogP contribution is 2.32. The molecule has 0 aliphatic rings. The van der Waals surface area contributed by atoms with E-state index in [9.17, 15) is 14.4 Å². The van der Waals surface area contributed by atoms with Crippen molar-refractivity contribution in [3.8, 4) is 17.2 Å². The third kappa shape index (κ3) is 4.13. The minimum Gasteiger partial charge on any atom is -0.333 e. The number of anilines is 1. The molecule has 0 bridgehead atoms. The molecule has 0 radical (unpaired) electrons. The highest BCUT2D eigenvalue weighted by atomic mass is 35.5. The van der Waals surface area contributed by atoms with Crippen molar-refractivity contribution in [2.75, 3.05) is 18.9 Å². The number of pyridine rings is 1. The molecule has 1 N–H and O–H groups in total. The quantitative estimate of drug-likeness (QED) is 0.579. The van der Waals surface area contributed by atoms with Crippen LogP contribution in [-0.2, 0) is 9.59 Å². The van der Waals surface area contributed by atoms with Crippen molar-refractivity contribution >= 4 is 47.6 Å². The predicted molar refractivity (Wildman–Crippen MR) is 110 cm³/mol. The molecule has 0 saturated carbocycles. The Hall–Kier alpha value is -3.23. The number of aromatic nitrogens is 3. The molecule has 0 aliphatic heterocycles. The van der Waals surface area contributed by atoms with Crippen LogP contribution in [0.25, 0.3) is 17.2 Å². The van der Waals surface area contributed by atoms with E-state index in [4.69, 9.17) is 23.2 Å². The zero-order valence-electron chi connectivity index (χ0n) is 15.2. The molecule has 0 atom stereocenters. The Labute approximate surface area is 176 Å². The summed E-state index contributed by atoms with van der Waals surface area (Å²) >= 11 is 12.3. The molecule has 0 aliphatic carbocycles. The standard InChI is InChI=1S/C19H15Cl2N5O3/c1-25(9-10-27)19(29)16-17(23-11-28)24-18(15-14(21)3-2-8-22-15)26(16)13-6-4-12(20)5-7-13/h2-8,10-11H,9H2,1H3,(H,23,28). The average molecular weight is 432 g/mol. The fraction of sp³-hybridized carbons (Fsp3) is 0.105. The number of nitrogens with zero attached hydrogens (tertiary/aromatic N) is 4. The van der Waals surface area contributed by atoms with E-state index in [0.29, 0.717) is 34.1 Å². The Bertz CT molecular complexity index is 1070. The molecule has 0 fully saturated rings. The number of aldehydes is 1. The van der Waals surface area contributed by atoms with E-state index in [1.165, 1.54) is 22.7 Å². The summed E-state index contributed by atoms with van der Waals surface area (Å²) in [5.74, 6) is -0.276. The van der Waals surface area contributed by atoms with E-state index in [-0.39, 0.29) is 23.9 Å². The maximum absolute atomic E-state index is 13.1. The molecule has 0 unspecified atom stereocenters. The van der Waals surface area contributed by atoms with E-state index in [1.54, 1.807) is 36.4 Å². The molecule has 1 aromatic carbocycles. The molecule has 2 heterocycles. The molecule has 2 aromatic heterocycles. The number of hydrogen-bond donors (Lipinski definition) is 1. The molecular formula is C19H15Cl2N5O3. The number of carbonyl (C=O) groups excluding carboxylic acids is 3. The first-order valence-corrected chi connectivity index (χ1v) is 9.12. The van der Waals surface area contributed by atoms with Crippen molar-refractivity contribution in [2.45, 2.75) is 0 Å². The predicted octanol–water partition coefficient (Wildman–Crippen LogP) is 3.08. The molecule has 3 rings (SSSR count). The van der Waals surface area contributed by atoms with Gasteiger partial charge in [0.05, 0.1) is 11.6 Å². The zero-order valence-corrected chi connectivity index (χ0v) is 16.7. The zero-order chi connectivity index (χ0) is 21.0. The Morgan fingerprint density at radius 3 is 2.55 bits per heavy atom. The van der Waals surface area contributed by atoms with Crippen molar-refractivity contribution in [3.05, 3.63) is 58.3 Å². The Balaban J connectivity index is 2.34. The normalized spacial score (nSPS) is 10.4. The summed E-state index contributed by atoms with van der Waals surface area (Å²) in [6, 6.07) is 9.97. The van der Waals surface area contributed by atoms with Crippen LogP contribution in [0.5, 0.6) is 0 Å². The summed E-state index contributed by atoms with van der Waals surface area (Å²) in [6.45, 7) is -0.134. The molecule has 3 aromatic rings. The first-order valence-electron chi connectivity index (χ1n) is 8.36. The molecule has 0 spiro atoms. The summed E-state index contributed by atoms with van der Waals surface area (Å²) in [5.41, 5.74) is 0.899. The second-order valence-electron chi connectivity index (χ2n) is 5.89. The van der Waals surface area contributed by atoms with Crippen LogP contribution < -0.4 is 5.32 Å². The lowest BCUT2D eigenvalue weighted by atomic mass is 10.2. The van der Waals surface area contributed by atoms with Gasteiger partial charge in [0.25, 0.3) is 5.91 Å². The van der Waals surface area contributed by atoms with Crippen LogP contribution in [0, 0.1) is 0 Å². The van der Waals surface area contributed by atoms with Crippen LogP contribution in [0.2, 0.25) is 10.0 Å². The van der Waals surface area contributed by atoms with E-state index in [2.05, 4.69) is 15.3 Å². The number of imidazole rings is 1. The number of amides is 2. The first-order chi connectivity index (χ1) is 14.0. The Morgan fingerprint density at radius 1 is 1.21 bits per heavy atom. The second-order valence-corrected chi connectivity index (χ2v) is 6.74. The van der Waals surface area contributed by atoms with Gasteiger partial charge < -0.3 is 15.0 Å². The molecule has 8 nitrogen and oxygen atoms in total. The molecule has 2 amide bonds. The van der Waals surface area contributed by atoms with Crippen LogP contribution in [0.3, 0.4) is 0 Å². The number of rotatable bonds is 7. The lowest BCUT2D eigenvalue weighted by Crippen LogP contribution is -2.30. The van der Waals surface area contributed by atoms with Crippen LogP contribution in [0.1, 0.15) is 10.5 Å². The van der Waals surface area contributed by atoms with Gasteiger partial charge in [-0.25, -0.2) is 4.98 Å². The van der Waals surface area contributed by atoms with Gasteiger partial charge in [-0.05, 0) is 36.4 Å². The van der Waals surface area contributed by atoms with E-state index in [0.717, 1.165) is 0 Å². The van der Waals surface area contributed by atoms with Gasteiger partial charge in [-0.15, -0.1) is 0 Å². The van der Waals surface area contributed by atoms with Gasteiger partial charge in [-0.1, -0.05) is 23.2 Å². The first kappa shape index (κ1) is 20.5. The smallest absolute Gasteiger partial charge is 0.274 e. The number of hydrogen-bond acceptors (Lipinski definition) is 5. The van der Waals surface area contributed by atoms with Crippen LogP contribution in [0.4, 0.5) is 5.82 Å². The van der Waals surface area contributed by atoms with Gasteiger partial charge in [-0.2, -0.15) is 0 Å². The molecular weight excluding hydrogens is 417 g/mol. The molecule has 0 saturated heterocycles. The maximum Gasteiger partial charge on any atom is 0.274 e. The number of carbonyl (C=O) groups is 3. The van der Waals surface area contributed by atoms with Gasteiger partial charge in [0.15, 0.2) is 17.3 Å². The summed E-state index contributed by atoms with van der Waals surface area (Å²) in [6.07, 6.45) is 2.55. The minimum absolute atomic E-state index is 0.00872. The third-order valence-corrected chi connectivity index (χ3v) is 4.58. The lowest BCUT2D eigenvalue weighted by molar-refractivity contribution is -0.108. The maximum atomic E-state index is 13.1. The van der Waals surface area contributed by atoms with Crippen molar-refractivity contribution in [3.63, 3.8) is 0 Å². The van der Waals surface area contributed by atoms with Crippen molar-refractivity contribution in [1.29, 1.82) is 0 Å². The summed E-state index contributed by atoms with van der Waals surface area (Å²) in [5, 5.41) is 3.25. The van der Waals surface area contributed by atoms with Crippen molar-refractivity contribution in [2.24, 2.45) is 0 Å². The molecule has 29 heavy (non-hydrogen) atoms. The topological polar surface area (TPSA) is 97.2 Å². The summed E-state index contributed by atoms with van der Waals surface area (Å²) < 4.78 is 1.51. The largest absolute Gasteiger partial charge is 0.333 e. The van der Waals surface area contributed by atoms with Gasteiger partial charge in [0.1, 0.15) is 12.0 Å². The fourth-order valence-corrected chi connectivity index (χ4v) is 3.03. The Morgan fingerprint density at radius 2 is 1.93 bits per heavy atom. The number of nitrogens with one attached hydrogen (secondary N) is 1. The van der Waals surface area contributed by atoms with Crippen LogP contribution in [0.15, 0.2) is 42.6 Å². The SMILES string of the molecule is CN(CC=O)C(=O)c1c(NC=O)nc(-c2ncccc2Cl)n1-c1ccc(Cl)cc1. The highest BCUT2D eigenvalue weighted by molar-refractivity contribution is 6.33. The van der Waals surface area contributed by atoms with E-state index < -0.39 is 5.91 Å². The van der Waals surface area contributed by atoms with Crippen molar-refractivity contribution < 1.29 is 14.4 Å². The van der Waals surface area contributed by atoms with E-state index >= 15 is 0 Å². The number of likely N-dealkylation sites (N-methyl/N-ethyl adjacent to an activating group) is 1. The third-order valence-electron chi connectivity index (χ3n) is 4.03. The van der Waals surface area contributed by atoms with Crippen LogP contribution >= 0.6 is 23.2 Å².